The summed E-state index contributed by atoms with van der Waals surface area (Å²) < 4.78 is 10.6. The molecule has 0 unspecified atom stereocenters. The van der Waals surface area contributed by atoms with Crippen LogP contribution in [0.3, 0.4) is 0 Å². The summed E-state index contributed by atoms with van der Waals surface area (Å²) in [4.78, 5) is 24.1. The van der Waals surface area contributed by atoms with Crippen molar-refractivity contribution in [2.45, 2.75) is 0 Å². The fourth-order valence-electron chi connectivity index (χ4n) is 2.37. The van der Waals surface area contributed by atoms with Gasteiger partial charge in [0.15, 0.2) is 11.5 Å². The van der Waals surface area contributed by atoms with E-state index in [9.17, 15) is 14.9 Å². The highest BCUT2D eigenvalue weighted by Crippen LogP contribution is 2.29. The van der Waals surface area contributed by atoms with Gasteiger partial charge in [-0.1, -0.05) is 41.4 Å². The molecule has 31 heavy (non-hydrogen) atoms. The Morgan fingerprint density at radius 1 is 1.19 bits per heavy atom. The Hall–Kier alpha value is -3.53. The molecule has 0 heterocycles. The molecule has 0 aliphatic heterocycles. The van der Waals surface area contributed by atoms with Crippen molar-refractivity contribution in [3.8, 4) is 17.6 Å². The first kappa shape index (κ1) is 23.7. The molecule has 0 saturated heterocycles. The second-order valence-corrected chi connectivity index (χ2v) is 6.84. The number of amides is 1. The summed E-state index contributed by atoms with van der Waals surface area (Å²) in [6.07, 6.45) is 5.63. The minimum atomic E-state index is -0.644. The normalized spacial score (nSPS) is 11.0. The largest absolute Gasteiger partial charge is 0.493 e. The molecule has 0 fully saturated rings. The van der Waals surface area contributed by atoms with E-state index in [0.29, 0.717) is 21.2 Å². The average molecular weight is 457 g/mol. The van der Waals surface area contributed by atoms with Gasteiger partial charge in [-0.15, -0.1) is 6.58 Å². The zero-order valence-corrected chi connectivity index (χ0v) is 18.0. The fourth-order valence-corrected chi connectivity index (χ4v) is 2.84. The van der Waals surface area contributed by atoms with Crippen LogP contribution in [0.5, 0.6) is 11.5 Å². The Balaban J connectivity index is 2.17. The van der Waals surface area contributed by atoms with E-state index in [2.05, 4.69) is 11.9 Å². The summed E-state index contributed by atoms with van der Waals surface area (Å²) in [7, 11) is 1.41. The van der Waals surface area contributed by atoms with Gasteiger partial charge in [0.1, 0.15) is 11.6 Å². The van der Waals surface area contributed by atoms with Crippen LogP contribution in [0.15, 0.2) is 60.7 Å². The molecule has 0 atom stereocenters. The quantitative estimate of drug-likeness (QED) is 0.202. The van der Waals surface area contributed by atoms with Crippen LogP contribution in [0.25, 0.3) is 12.2 Å². The predicted molar refractivity (Wildman–Crippen MR) is 121 cm³/mol. The number of rotatable bonds is 8. The fraction of sp³-hybridized carbons (Fsp3) is 0.0870. The van der Waals surface area contributed by atoms with E-state index in [1.54, 1.807) is 30.3 Å². The zero-order valence-electron chi connectivity index (χ0n) is 16.5. The van der Waals surface area contributed by atoms with Gasteiger partial charge in [-0.05, 0) is 47.5 Å². The monoisotopic (exact) mass is 456 g/mol. The summed E-state index contributed by atoms with van der Waals surface area (Å²) in [6, 6.07) is 11.4. The molecule has 0 radical (unpaired) electrons. The van der Waals surface area contributed by atoms with Crippen LogP contribution >= 0.6 is 23.2 Å². The first-order valence-electron chi connectivity index (χ1n) is 8.91. The number of methoxy groups -OCH3 is 1. The average Bonchev–Trinajstić information content (AvgIpc) is 2.75. The van der Waals surface area contributed by atoms with E-state index in [1.165, 1.54) is 37.5 Å². The Labute approximate surface area is 190 Å². The molecule has 0 aliphatic rings. The van der Waals surface area contributed by atoms with Crippen molar-refractivity contribution < 1.29 is 19.1 Å². The second-order valence-electron chi connectivity index (χ2n) is 6.00. The summed E-state index contributed by atoms with van der Waals surface area (Å²) in [6.45, 7) is 3.74. The van der Waals surface area contributed by atoms with Crippen LogP contribution in [0, 0.1) is 11.3 Å². The van der Waals surface area contributed by atoms with Gasteiger partial charge in [-0.2, -0.15) is 5.26 Å². The minimum absolute atomic E-state index is 0.0866. The molecule has 2 aromatic rings. The topological polar surface area (TPSA) is 88.4 Å². The molecule has 2 aromatic carbocycles. The van der Waals surface area contributed by atoms with Crippen molar-refractivity contribution in [1.82, 2.24) is 5.32 Å². The van der Waals surface area contributed by atoms with Crippen molar-refractivity contribution >= 4 is 47.2 Å². The third-order valence-electron chi connectivity index (χ3n) is 3.84. The Morgan fingerprint density at radius 3 is 2.61 bits per heavy atom. The number of hydrogen-bond donors (Lipinski definition) is 1. The number of esters is 1. The molecule has 158 valence electrons. The van der Waals surface area contributed by atoms with E-state index in [-0.39, 0.29) is 23.6 Å². The zero-order chi connectivity index (χ0) is 22.8. The van der Waals surface area contributed by atoms with Crippen LogP contribution in [0.4, 0.5) is 0 Å². The highest BCUT2D eigenvalue weighted by atomic mass is 35.5. The number of carbonyl (C=O) groups excluding carboxylic acids is 2. The Kier molecular flexibility index (Phi) is 8.89. The first-order valence-corrected chi connectivity index (χ1v) is 9.67. The van der Waals surface area contributed by atoms with Crippen LogP contribution in [-0.4, -0.2) is 25.5 Å². The van der Waals surface area contributed by atoms with Gasteiger partial charge in [0.2, 0.25) is 0 Å². The number of nitriles is 1. The van der Waals surface area contributed by atoms with Gasteiger partial charge < -0.3 is 14.8 Å². The molecular formula is C23H18Cl2N2O4. The number of benzene rings is 2. The van der Waals surface area contributed by atoms with Gasteiger partial charge in [0, 0.05) is 22.7 Å². The van der Waals surface area contributed by atoms with Crippen molar-refractivity contribution in [3.63, 3.8) is 0 Å². The number of ether oxygens (including phenoxy) is 2. The lowest BCUT2D eigenvalue weighted by atomic mass is 10.1. The van der Waals surface area contributed by atoms with Gasteiger partial charge in [-0.25, -0.2) is 4.79 Å². The number of nitrogens with one attached hydrogen (secondary N) is 1. The maximum atomic E-state index is 12.2. The van der Waals surface area contributed by atoms with E-state index in [4.69, 9.17) is 32.7 Å². The van der Waals surface area contributed by atoms with E-state index in [1.807, 2.05) is 6.07 Å². The van der Waals surface area contributed by atoms with Crippen LogP contribution in [0.1, 0.15) is 11.1 Å². The number of halogens is 2. The number of nitrogens with zero attached hydrogens (tertiary/aromatic N) is 1. The van der Waals surface area contributed by atoms with Crippen molar-refractivity contribution in [1.29, 1.82) is 5.26 Å². The van der Waals surface area contributed by atoms with Gasteiger partial charge in [0.05, 0.1) is 7.11 Å². The Morgan fingerprint density at radius 2 is 1.97 bits per heavy atom. The molecule has 0 saturated carbocycles. The summed E-state index contributed by atoms with van der Waals surface area (Å²) in [5, 5.41) is 12.6. The van der Waals surface area contributed by atoms with Crippen LogP contribution in [-0.2, 0) is 9.59 Å². The molecular weight excluding hydrogens is 439 g/mol. The van der Waals surface area contributed by atoms with E-state index < -0.39 is 11.9 Å². The summed E-state index contributed by atoms with van der Waals surface area (Å²) >= 11 is 11.9. The van der Waals surface area contributed by atoms with E-state index in [0.717, 1.165) is 0 Å². The summed E-state index contributed by atoms with van der Waals surface area (Å²) in [5.41, 5.74) is 1.04. The highest BCUT2D eigenvalue weighted by molar-refractivity contribution is 6.35. The molecule has 1 amide bonds. The smallest absolute Gasteiger partial charge is 0.336 e. The number of carbonyl (C=O) groups is 2. The minimum Gasteiger partial charge on any atom is -0.493 e. The lowest BCUT2D eigenvalue weighted by molar-refractivity contribution is -0.129. The molecule has 6 nitrogen and oxygen atoms in total. The standard InChI is InChI=1S/C23H18Cl2N2O4/c1-3-10-27-23(29)17(14-26)11-15-4-8-20(21(12-15)30-2)31-22(28)9-6-16-5-7-18(24)13-19(16)25/h3-9,11-13H,1,10H2,2H3,(H,27,29). The third-order valence-corrected chi connectivity index (χ3v) is 4.41. The molecule has 8 heteroatoms. The van der Waals surface area contributed by atoms with Gasteiger partial charge in [0.25, 0.3) is 5.91 Å². The molecule has 0 aromatic heterocycles. The molecule has 0 aliphatic carbocycles. The van der Waals surface area contributed by atoms with Crippen molar-refractivity contribution in [2.24, 2.45) is 0 Å². The predicted octanol–water partition coefficient (Wildman–Crippen LogP) is 4.83. The lowest BCUT2D eigenvalue weighted by Gasteiger charge is -2.09. The molecule has 0 spiro atoms. The first-order chi connectivity index (χ1) is 14.9. The lowest BCUT2D eigenvalue weighted by Crippen LogP contribution is -2.24. The maximum absolute atomic E-state index is 12.2. The highest BCUT2D eigenvalue weighted by Gasteiger charge is 2.12. The van der Waals surface area contributed by atoms with Gasteiger partial charge >= 0.3 is 5.97 Å². The molecule has 1 N–H and O–H groups in total. The number of hydrogen-bond acceptors (Lipinski definition) is 5. The van der Waals surface area contributed by atoms with E-state index >= 15 is 0 Å². The van der Waals surface area contributed by atoms with Gasteiger partial charge in [-0.3, -0.25) is 4.79 Å². The third kappa shape index (κ3) is 7.03. The summed E-state index contributed by atoms with van der Waals surface area (Å²) in [5.74, 6) is -0.744. The SMILES string of the molecule is C=CCNC(=O)C(C#N)=Cc1ccc(OC(=O)C=Cc2ccc(Cl)cc2Cl)c(OC)c1. The van der Waals surface area contributed by atoms with Crippen LogP contribution < -0.4 is 14.8 Å². The Bertz CT molecular complexity index is 1100. The second kappa shape index (κ2) is 11.6. The van der Waals surface area contributed by atoms with Crippen molar-refractivity contribution in [2.75, 3.05) is 13.7 Å². The molecule has 0 bridgehead atoms. The van der Waals surface area contributed by atoms with Crippen molar-refractivity contribution in [3.05, 3.63) is 81.9 Å². The molecule has 2 rings (SSSR count). The maximum Gasteiger partial charge on any atom is 0.336 e. The van der Waals surface area contributed by atoms with Crippen LogP contribution in [0.2, 0.25) is 10.0 Å².